The number of amides is 1. The number of aryl methyl sites for hydroxylation is 1. The number of aromatic nitrogens is 2. The summed E-state index contributed by atoms with van der Waals surface area (Å²) in [6, 6.07) is 10.4. The van der Waals surface area contributed by atoms with Crippen LogP contribution in [-0.2, 0) is 24.9 Å². The number of benzene rings is 2. The van der Waals surface area contributed by atoms with Crippen molar-refractivity contribution in [1.82, 2.24) is 14.5 Å². The van der Waals surface area contributed by atoms with Crippen LogP contribution >= 0.6 is 0 Å². The maximum atomic E-state index is 12.5. The van der Waals surface area contributed by atoms with E-state index in [1.807, 2.05) is 0 Å². The monoisotopic (exact) mass is 413 g/mol. The molecule has 0 unspecified atom stereocenters. The highest BCUT2D eigenvalue weighted by Gasteiger charge is 2.15. The summed E-state index contributed by atoms with van der Waals surface area (Å²) < 4.78 is 18.4. The van der Waals surface area contributed by atoms with Crippen molar-refractivity contribution < 1.29 is 19.0 Å². The zero-order chi connectivity index (χ0) is 21.8. The van der Waals surface area contributed by atoms with Crippen molar-refractivity contribution in [3.8, 4) is 17.2 Å². The van der Waals surface area contributed by atoms with Crippen LogP contribution in [0.3, 0.4) is 0 Å². The summed E-state index contributed by atoms with van der Waals surface area (Å²) in [5.74, 6) is 0.974. The van der Waals surface area contributed by atoms with E-state index in [4.69, 9.17) is 14.2 Å². The number of fused-ring (bicyclic) bond motifs is 1. The highest BCUT2D eigenvalue weighted by Crippen LogP contribution is 2.38. The predicted octanol–water partition coefficient (Wildman–Crippen LogP) is 1.04. The van der Waals surface area contributed by atoms with Gasteiger partial charge in [-0.1, -0.05) is 12.1 Å². The molecule has 9 nitrogen and oxygen atoms in total. The maximum Gasteiger partial charge on any atom is 0.317 e. The number of para-hydroxylation sites is 2. The lowest BCUT2D eigenvalue weighted by molar-refractivity contribution is -0.121. The number of nitrogens with one attached hydrogen (secondary N) is 1. The van der Waals surface area contributed by atoms with E-state index < -0.39 is 17.0 Å². The molecule has 9 heteroatoms. The van der Waals surface area contributed by atoms with Crippen molar-refractivity contribution in [2.24, 2.45) is 7.05 Å². The lowest BCUT2D eigenvalue weighted by atomic mass is 10.1. The number of methoxy groups -OCH3 is 3. The zero-order valence-electron chi connectivity index (χ0n) is 17.2. The molecule has 1 aromatic heterocycles. The van der Waals surface area contributed by atoms with E-state index in [-0.39, 0.29) is 13.1 Å². The first-order valence-corrected chi connectivity index (χ1v) is 9.15. The fourth-order valence-corrected chi connectivity index (χ4v) is 3.25. The standard InChI is InChI=1S/C21H23N3O6/c1-23-14-7-5-6-8-15(14)24(21(27)20(23)26)12-18(25)22-11-13-9-16(28-2)19(30-4)17(10-13)29-3/h5-10H,11-12H2,1-4H3,(H,22,25). The molecule has 30 heavy (non-hydrogen) atoms. The minimum Gasteiger partial charge on any atom is -0.493 e. The number of hydrogen-bond donors (Lipinski definition) is 1. The fraction of sp³-hybridized carbons (Fsp3) is 0.286. The van der Waals surface area contributed by atoms with Crippen molar-refractivity contribution in [3.05, 3.63) is 62.7 Å². The van der Waals surface area contributed by atoms with Crippen LogP contribution in [-0.4, -0.2) is 36.4 Å². The maximum absolute atomic E-state index is 12.5. The number of nitrogens with zero attached hydrogens (tertiary/aromatic N) is 2. The molecule has 0 aliphatic heterocycles. The Morgan fingerprint density at radius 2 is 1.53 bits per heavy atom. The third-order valence-electron chi connectivity index (χ3n) is 4.78. The fourth-order valence-electron chi connectivity index (χ4n) is 3.25. The molecule has 3 rings (SSSR count). The Morgan fingerprint density at radius 3 is 2.10 bits per heavy atom. The van der Waals surface area contributed by atoms with Crippen LogP contribution in [0.15, 0.2) is 46.0 Å². The Labute approximate surface area is 172 Å². The average molecular weight is 413 g/mol. The number of hydrogen-bond acceptors (Lipinski definition) is 6. The Bertz CT molecular complexity index is 1190. The van der Waals surface area contributed by atoms with Crippen LogP contribution in [0.2, 0.25) is 0 Å². The molecule has 1 heterocycles. The number of ether oxygens (including phenoxy) is 3. The predicted molar refractivity (Wildman–Crippen MR) is 111 cm³/mol. The van der Waals surface area contributed by atoms with Crippen LogP contribution in [0.1, 0.15) is 5.56 Å². The van der Waals surface area contributed by atoms with E-state index >= 15 is 0 Å². The molecule has 2 aromatic carbocycles. The smallest absolute Gasteiger partial charge is 0.317 e. The van der Waals surface area contributed by atoms with Gasteiger partial charge < -0.3 is 24.1 Å². The van der Waals surface area contributed by atoms with E-state index in [0.29, 0.717) is 28.3 Å². The van der Waals surface area contributed by atoms with Crippen LogP contribution < -0.4 is 30.6 Å². The summed E-state index contributed by atoms with van der Waals surface area (Å²) in [6.45, 7) is -0.104. The largest absolute Gasteiger partial charge is 0.493 e. The van der Waals surface area contributed by atoms with Gasteiger partial charge in [0, 0.05) is 13.6 Å². The third-order valence-corrected chi connectivity index (χ3v) is 4.78. The van der Waals surface area contributed by atoms with Crippen molar-refractivity contribution in [2.45, 2.75) is 13.1 Å². The number of carbonyl (C=O) groups is 1. The zero-order valence-corrected chi connectivity index (χ0v) is 17.2. The number of carbonyl (C=O) groups excluding carboxylic acids is 1. The van der Waals surface area contributed by atoms with E-state index in [0.717, 1.165) is 5.56 Å². The highest BCUT2D eigenvalue weighted by molar-refractivity contribution is 5.80. The topological polar surface area (TPSA) is 101 Å². The van der Waals surface area contributed by atoms with Gasteiger partial charge in [0.1, 0.15) is 6.54 Å². The van der Waals surface area contributed by atoms with Gasteiger partial charge in [0.25, 0.3) is 0 Å². The molecule has 0 radical (unpaired) electrons. The third kappa shape index (κ3) is 3.86. The quantitative estimate of drug-likeness (QED) is 0.581. The molecule has 3 aromatic rings. The first-order valence-electron chi connectivity index (χ1n) is 9.15. The Balaban J connectivity index is 1.84. The lowest BCUT2D eigenvalue weighted by Gasteiger charge is -2.15. The van der Waals surface area contributed by atoms with Crippen molar-refractivity contribution in [1.29, 1.82) is 0 Å². The molecule has 0 fully saturated rings. The van der Waals surface area contributed by atoms with Gasteiger partial charge in [0.05, 0.1) is 32.4 Å². The summed E-state index contributed by atoms with van der Waals surface area (Å²) >= 11 is 0. The molecule has 1 amide bonds. The Morgan fingerprint density at radius 1 is 0.933 bits per heavy atom. The van der Waals surface area contributed by atoms with Gasteiger partial charge in [0.15, 0.2) is 11.5 Å². The van der Waals surface area contributed by atoms with E-state index in [1.54, 1.807) is 36.4 Å². The van der Waals surface area contributed by atoms with Crippen LogP contribution in [0, 0.1) is 0 Å². The molecule has 1 N–H and O–H groups in total. The molecule has 0 saturated carbocycles. The normalized spacial score (nSPS) is 10.7. The van der Waals surface area contributed by atoms with Crippen molar-refractivity contribution in [3.63, 3.8) is 0 Å². The average Bonchev–Trinajstić information content (AvgIpc) is 2.78. The van der Waals surface area contributed by atoms with Crippen LogP contribution in [0.25, 0.3) is 11.0 Å². The van der Waals surface area contributed by atoms with Gasteiger partial charge in [-0.15, -0.1) is 0 Å². The van der Waals surface area contributed by atoms with Gasteiger partial charge in [0.2, 0.25) is 11.7 Å². The molecular weight excluding hydrogens is 390 g/mol. The van der Waals surface area contributed by atoms with Gasteiger partial charge in [-0.25, -0.2) is 0 Å². The second-order valence-corrected chi connectivity index (χ2v) is 6.55. The minimum atomic E-state index is -0.751. The van der Waals surface area contributed by atoms with Gasteiger partial charge in [-0.2, -0.15) is 0 Å². The molecule has 0 aliphatic carbocycles. The summed E-state index contributed by atoms with van der Waals surface area (Å²) in [4.78, 5) is 37.2. The van der Waals surface area contributed by atoms with Gasteiger partial charge in [-0.05, 0) is 29.8 Å². The molecule has 0 atom stereocenters. The first-order chi connectivity index (χ1) is 14.4. The highest BCUT2D eigenvalue weighted by atomic mass is 16.5. The Kier molecular flexibility index (Phi) is 6.10. The second kappa shape index (κ2) is 8.73. The van der Waals surface area contributed by atoms with Gasteiger partial charge >= 0.3 is 11.1 Å². The molecule has 158 valence electrons. The Hall–Kier alpha value is -3.75. The van der Waals surface area contributed by atoms with E-state index in [1.165, 1.54) is 37.5 Å². The van der Waals surface area contributed by atoms with Crippen molar-refractivity contribution >= 4 is 16.9 Å². The summed E-state index contributed by atoms with van der Waals surface area (Å²) in [6.07, 6.45) is 0. The van der Waals surface area contributed by atoms with Crippen molar-refractivity contribution in [2.75, 3.05) is 21.3 Å². The summed E-state index contributed by atoms with van der Waals surface area (Å²) in [7, 11) is 6.05. The van der Waals surface area contributed by atoms with E-state index in [9.17, 15) is 14.4 Å². The SMILES string of the molecule is COc1cc(CNC(=O)Cn2c(=O)c(=O)n(C)c3ccccc32)cc(OC)c1OC. The second-order valence-electron chi connectivity index (χ2n) is 6.55. The van der Waals surface area contributed by atoms with Gasteiger partial charge in [-0.3, -0.25) is 19.0 Å². The van der Waals surface area contributed by atoms with Crippen LogP contribution in [0.5, 0.6) is 17.2 Å². The molecular formula is C21H23N3O6. The number of rotatable bonds is 7. The molecule has 0 bridgehead atoms. The molecule has 0 spiro atoms. The van der Waals surface area contributed by atoms with Crippen LogP contribution in [0.4, 0.5) is 0 Å². The molecule has 0 aliphatic rings. The minimum absolute atomic E-state index is 0.174. The first kappa shape index (κ1) is 21.0. The lowest BCUT2D eigenvalue weighted by Crippen LogP contribution is -2.43. The summed E-state index contributed by atoms with van der Waals surface area (Å²) in [5, 5.41) is 2.75. The summed E-state index contributed by atoms with van der Waals surface area (Å²) in [5.41, 5.74) is 0.358. The molecule has 0 saturated heterocycles. The van der Waals surface area contributed by atoms with E-state index in [2.05, 4.69) is 5.32 Å².